The summed E-state index contributed by atoms with van der Waals surface area (Å²) in [6.07, 6.45) is 0.781. The van der Waals surface area contributed by atoms with Crippen LogP contribution in [0.15, 0.2) is 0 Å². The zero-order chi connectivity index (χ0) is 9.68. The molecule has 5 heteroatoms. The highest BCUT2D eigenvalue weighted by atomic mass is 16.5. The number of nitrogens with one attached hydrogen (secondary N) is 1. The third-order valence-electron chi connectivity index (χ3n) is 2.32. The summed E-state index contributed by atoms with van der Waals surface area (Å²) in [4.78, 5) is 13.4. The van der Waals surface area contributed by atoms with E-state index >= 15 is 0 Å². The summed E-state index contributed by atoms with van der Waals surface area (Å²) in [7, 11) is 0. The van der Waals surface area contributed by atoms with Crippen molar-refractivity contribution >= 4 is 5.91 Å². The molecule has 0 bridgehead atoms. The van der Waals surface area contributed by atoms with Gasteiger partial charge in [-0.1, -0.05) is 6.92 Å². The molecular formula is C8H17N3O2. The van der Waals surface area contributed by atoms with Crippen LogP contribution in [0.5, 0.6) is 0 Å². The van der Waals surface area contributed by atoms with Crippen LogP contribution in [0, 0.1) is 0 Å². The summed E-state index contributed by atoms with van der Waals surface area (Å²) in [6.45, 7) is 5.01. The van der Waals surface area contributed by atoms with E-state index in [-0.39, 0.29) is 11.9 Å². The van der Waals surface area contributed by atoms with E-state index in [9.17, 15) is 4.79 Å². The van der Waals surface area contributed by atoms with Gasteiger partial charge < -0.3 is 4.74 Å². The molecule has 1 aliphatic heterocycles. The Balaban J connectivity index is 2.48. The molecule has 0 aromatic rings. The first-order valence-corrected chi connectivity index (χ1v) is 4.61. The van der Waals surface area contributed by atoms with E-state index in [1.807, 2.05) is 6.92 Å². The number of morpholine rings is 1. The van der Waals surface area contributed by atoms with E-state index < -0.39 is 0 Å². The number of hydrogen-bond acceptors (Lipinski definition) is 4. The molecule has 1 unspecified atom stereocenters. The molecule has 3 N–H and O–H groups in total. The number of nitrogens with two attached hydrogens (primary N) is 1. The van der Waals surface area contributed by atoms with Crippen LogP contribution in [0.1, 0.15) is 13.3 Å². The Bertz CT molecular complexity index is 169. The fourth-order valence-electron chi connectivity index (χ4n) is 1.59. The van der Waals surface area contributed by atoms with E-state index in [4.69, 9.17) is 10.6 Å². The molecule has 0 spiro atoms. The lowest BCUT2D eigenvalue weighted by Crippen LogP contribution is -2.52. The Morgan fingerprint density at radius 1 is 1.62 bits per heavy atom. The minimum atomic E-state index is -0.107. The van der Waals surface area contributed by atoms with Gasteiger partial charge in [0.1, 0.15) is 0 Å². The predicted octanol–water partition coefficient (Wildman–Crippen LogP) is -0.913. The maximum atomic E-state index is 11.3. The Labute approximate surface area is 78.2 Å². The van der Waals surface area contributed by atoms with Crippen molar-refractivity contribution in [1.82, 2.24) is 10.3 Å². The Hall–Kier alpha value is -0.650. The lowest BCUT2D eigenvalue weighted by atomic mass is 10.1. The zero-order valence-corrected chi connectivity index (χ0v) is 7.95. The molecule has 13 heavy (non-hydrogen) atoms. The number of carbonyl (C=O) groups is 1. The molecule has 76 valence electrons. The van der Waals surface area contributed by atoms with Crippen molar-refractivity contribution in [1.29, 1.82) is 0 Å². The zero-order valence-electron chi connectivity index (χ0n) is 7.95. The molecular weight excluding hydrogens is 170 g/mol. The van der Waals surface area contributed by atoms with Crippen LogP contribution in [0.3, 0.4) is 0 Å². The second-order valence-electron chi connectivity index (χ2n) is 3.08. The molecule has 1 fully saturated rings. The summed E-state index contributed by atoms with van der Waals surface area (Å²) in [5.41, 5.74) is 2.19. The first kappa shape index (κ1) is 10.4. The SMILES string of the molecule is CCC(C(=O)NN)N1CCOCC1. The normalized spacial score (nSPS) is 21.1. The van der Waals surface area contributed by atoms with Gasteiger partial charge in [-0.15, -0.1) is 0 Å². The Morgan fingerprint density at radius 3 is 2.69 bits per heavy atom. The highest BCUT2D eigenvalue weighted by molar-refractivity contribution is 5.81. The topological polar surface area (TPSA) is 67.6 Å². The monoisotopic (exact) mass is 187 g/mol. The van der Waals surface area contributed by atoms with Crippen molar-refractivity contribution in [2.75, 3.05) is 26.3 Å². The smallest absolute Gasteiger partial charge is 0.251 e. The molecule has 0 aromatic heterocycles. The molecule has 1 saturated heterocycles. The van der Waals surface area contributed by atoms with Crippen LogP contribution in [-0.4, -0.2) is 43.2 Å². The first-order chi connectivity index (χ1) is 6.29. The molecule has 0 aromatic carbocycles. The molecule has 1 amide bonds. The van der Waals surface area contributed by atoms with Crippen LogP contribution < -0.4 is 11.3 Å². The maximum Gasteiger partial charge on any atom is 0.251 e. The van der Waals surface area contributed by atoms with Gasteiger partial charge in [-0.05, 0) is 6.42 Å². The third kappa shape index (κ3) is 2.65. The highest BCUT2D eigenvalue weighted by Crippen LogP contribution is 2.06. The highest BCUT2D eigenvalue weighted by Gasteiger charge is 2.24. The fraction of sp³-hybridized carbons (Fsp3) is 0.875. The Morgan fingerprint density at radius 2 is 2.23 bits per heavy atom. The number of hydrogen-bond donors (Lipinski definition) is 2. The average molecular weight is 187 g/mol. The summed E-state index contributed by atoms with van der Waals surface area (Å²) in [6, 6.07) is -0.103. The quantitative estimate of drug-likeness (QED) is 0.341. The number of ether oxygens (including phenoxy) is 1. The number of nitrogens with zero attached hydrogens (tertiary/aromatic N) is 1. The van der Waals surface area contributed by atoms with Gasteiger partial charge in [0.15, 0.2) is 0 Å². The first-order valence-electron chi connectivity index (χ1n) is 4.61. The van der Waals surface area contributed by atoms with Crippen LogP contribution in [-0.2, 0) is 9.53 Å². The summed E-state index contributed by atoms with van der Waals surface area (Å²) in [5, 5.41) is 0. The van der Waals surface area contributed by atoms with Gasteiger partial charge >= 0.3 is 0 Å². The summed E-state index contributed by atoms with van der Waals surface area (Å²) >= 11 is 0. The lowest BCUT2D eigenvalue weighted by molar-refractivity contribution is -0.128. The fourth-order valence-corrected chi connectivity index (χ4v) is 1.59. The second kappa shape index (κ2) is 5.16. The Kier molecular flexibility index (Phi) is 4.14. The van der Waals surface area contributed by atoms with Crippen molar-refractivity contribution in [3.8, 4) is 0 Å². The molecule has 1 atom stereocenters. The van der Waals surface area contributed by atoms with E-state index in [1.165, 1.54) is 0 Å². The average Bonchev–Trinajstić information content (AvgIpc) is 2.20. The van der Waals surface area contributed by atoms with Crippen molar-refractivity contribution in [3.63, 3.8) is 0 Å². The number of amides is 1. The van der Waals surface area contributed by atoms with Crippen LogP contribution in [0.4, 0.5) is 0 Å². The minimum absolute atomic E-state index is 0.103. The van der Waals surface area contributed by atoms with E-state index in [1.54, 1.807) is 0 Å². The molecule has 1 heterocycles. The van der Waals surface area contributed by atoms with Crippen LogP contribution in [0.2, 0.25) is 0 Å². The van der Waals surface area contributed by atoms with E-state index in [0.29, 0.717) is 13.2 Å². The maximum absolute atomic E-state index is 11.3. The van der Waals surface area contributed by atoms with Gasteiger partial charge in [-0.25, -0.2) is 5.84 Å². The van der Waals surface area contributed by atoms with Crippen molar-refractivity contribution < 1.29 is 9.53 Å². The van der Waals surface area contributed by atoms with E-state index in [0.717, 1.165) is 19.5 Å². The van der Waals surface area contributed by atoms with Gasteiger partial charge in [-0.3, -0.25) is 15.1 Å². The van der Waals surface area contributed by atoms with E-state index in [2.05, 4.69) is 10.3 Å². The van der Waals surface area contributed by atoms with Crippen molar-refractivity contribution in [3.05, 3.63) is 0 Å². The van der Waals surface area contributed by atoms with Gasteiger partial charge in [-0.2, -0.15) is 0 Å². The lowest BCUT2D eigenvalue weighted by Gasteiger charge is -2.32. The standard InChI is InChI=1S/C8H17N3O2/c1-2-7(8(12)10-9)11-3-5-13-6-4-11/h7H,2-6,9H2,1H3,(H,10,12). The summed E-state index contributed by atoms with van der Waals surface area (Å²) < 4.78 is 5.20. The van der Waals surface area contributed by atoms with Crippen LogP contribution >= 0.6 is 0 Å². The van der Waals surface area contributed by atoms with Crippen molar-refractivity contribution in [2.24, 2.45) is 5.84 Å². The van der Waals surface area contributed by atoms with Crippen LogP contribution in [0.25, 0.3) is 0 Å². The van der Waals surface area contributed by atoms with Gasteiger partial charge in [0.2, 0.25) is 0 Å². The number of carbonyl (C=O) groups excluding carboxylic acids is 1. The number of rotatable bonds is 3. The van der Waals surface area contributed by atoms with Crippen molar-refractivity contribution in [2.45, 2.75) is 19.4 Å². The molecule has 5 nitrogen and oxygen atoms in total. The third-order valence-corrected chi connectivity index (χ3v) is 2.32. The minimum Gasteiger partial charge on any atom is -0.379 e. The van der Waals surface area contributed by atoms with Gasteiger partial charge in [0, 0.05) is 13.1 Å². The second-order valence-corrected chi connectivity index (χ2v) is 3.08. The summed E-state index contributed by atoms with van der Waals surface area (Å²) in [5.74, 6) is 4.99. The largest absolute Gasteiger partial charge is 0.379 e. The molecule has 1 rings (SSSR count). The molecule has 0 aliphatic carbocycles. The molecule has 1 aliphatic rings. The van der Waals surface area contributed by atoms with Gasteiger partial charge in [0.25, 0.3) is 5.91 Å². The predicted molar refractivity (Wildman–Crippen MR) is 48.8 cm³/mol. The molecule has 0 saturated carbocycles. The number of hydrazine groups is 1. The van der Waals surface area contributed by atoms with Gasteiger partial charge in [0.05, 0.1) is 19.3 Å². The molecule has 0 radical (unpaired) electrons.